The van der Waals surface area contributed by atoms with E-state index in [-0.39, 0.29) is 6.04 Å². The first-order valence-electron chi connectivity index (χ1n) is 8.25. The molecule has 1 aliphatic rings. The lowest BCUT2D eigenvalue weighted by Crippen LogP contribution is -2.45. The minimum absolute atomic E-state index is 0.0275. The Labute approximate surface area is 150 Å². The molecule has 1 unspecified atom stereocenters. The second-order valence-electron chi connectivity index (χ2n) is 6.08. The molecule has 2 nitrogen and oxygen atoms in total. The molecular formula is C19H21F3N2S. The molecule has 1 heterocycles. The van der Waals surface area contributed by atoms with Crippen LogP contribution in [0.25, 0.3) is 0 Å². The van der Waals surface area contributed by atoms with Crippen molar-refractivity contribution in [2.24, 2.45) is 0 Å². The number of rotatable bonds is 4. The quantitative estimate of drug-likeness (QED) is 0.807. The van der Waals surface area contributed by atoms with Gasteiger partial charge in [-0.25, -0.2) is 0 Å². The molecule has 3 rings (SSSR count). The van der Waals surface area contributed by atoms with Crippen LogP contribution < -0.4 is 5.32 Å². The van der Waals surface area contributed by atoms with Gasteiger partial charge in [0.05, 0.1) is 11.6 Å². The molecule has 1 atom stereocenters. The third-order valence-electron chi connectivity index (χ3n) is 4.50. The molecule has 0 aliphatic carbocycles. The Morgan fingerprint density at radius 1 is 0.920 bits per heavy atom. The van der Waals surface area contributed by atoms with Crippen molar-refractivity contribution in [2.45, 2.75) is 17.1 Å². The molecule has 0 saturated carbocycles. The molecule has 0 amide bonds. The van der Waals surface area contributed by atoms with Crippen LogP contribution in [0.5, 0.6) is 0 Å². The van der Waals surface area contributed by atoms with E-state index in [1.165, 1.54) is 17.0 Å². The number of benzene rings is 2. The van der Waals surface area contributed by atoms with Crippen LogP contribution in [0.2, 0.25) is 0 Å². The maximum atomic E-state index is 12.9. The standard InChI is InChI=1S/C19H21F3N2S/c1-25-17-8-4-15(5-9-17)18(24-12-10-23-11-13-24)14-2-6-16(7-3-14)19(20,21)22/h2-9,18,23H,10-13H2,1H3. The second-order valence-corrected chi connectivity index (χ2v) is 6.96. The van der Waals surface area contributed by atoms with E-state index in [4.69, 9.17) is 0 Å². The number of hydrogen-bond donors (Lipinski definition) is 1. The zero-order valence-electron chi connectivity index (χ0n) is 14.0. The fourth-order valence-corrected chi connectivity index (χ4v) is 3.60. The Balaban J connectivity index is 1.95. The molecule has 0 radical (unpaired) electrons. The third-order valence-corrected chi connectivity index (χ3v) is 5.25. The van der Waals surface area contributed by atoms with Crippen molar-refractivity contribution in [2.75, 3.05) is 32.4 Å². The van der Waals surface area contributed by atoms with E-state index >= 15 is 0 Å². The summed E-state index contributed by atoms with van der Waals surface area (Å²) in [6.07, 6.45) is -2.28. The summed E-state index contributed by atoms with van der Waals surface area (Å²) in [7, 11) is 0. The summed E-state index contributed by atoms with van der Waals surface area (Å²) in [4.78, 5) is 3.50. The monoisotopic (exact) mass is 366 g/mol. The summed E-state index contributed by atoms with van der Waals surface area (Å²) in [5.41, 5.74) is 1.40. The number of piperazine rings is 1. The average molecular weight is 366 g/mol. The summed E-state index contributed by atoms with van der Waals surface area (Å²) in [6.45, 7) is 3.52. The SMILES string of the molecule is CSc1ccc(C(c2ccc(C(F)(F)F)cc2)N2CCNCC2)cc1. The van der Waals surface area contributed by atoms with Crippen LogP contribution in [0.1, 0.15) is 22.7 Å². The fraction of sp³-hybridized carbons (Fsp3) is 0.368. The maximum absolute atomic E-state index is 12.9. The van der Waals surface area contributed by atoms with Gasteiger partial charge in [-0.05, 0) is 41.6 Å². The Morgan fingerprint density at radius 3 is 1.92 bits per heavy atom. The van der Waals surface area contributed by atoms with Crippen LogP contribution >= 0.6 is 11.8 Å². The van der Waals surface area contributed by atoms with Gasteiger partial charge in [-0.15, -0.1) is 11.8 Å². The first-order chi connectivity index (χ1) is 12.0. The number of nitrogens with one attached hydrogen (secondary N) is 1. The number of thioether (sulfide) groups is 1. The molecule has 0 aromatic heterocycles. The van der Waals surface area contributed by atoms with Crippen LogP contribution in [0.4, 0.5) is 13.2 Å². The van der Waals surface area contributed by atoms with Gasteiger partial charge in [0, 0.05) is 31.1 Å². The summed E-state index contributed by atoms with van der Waals surface area (Å²) in [6, 6.07) is 13.9. The smallest absolute Gasteiger partial charge is 0.314 e. The minimum Gasteiger partial charge on any atom is -0.314 e. The van der Waals surface area contributed by atoms with Gasteiger partial charge in [0.1, 0.15) is 0 Å². The van der Waals surface area contributed by atoms with Crippen LogP contribution in [-0.2, 0) is 6.18 Å². The first kappa shape index (κ1) is 18.3. The molecule has 6 heteroatoms. The van der Waals surface area contributed by atoms with Gasteiger partial charge in [0.25, 0.3) is 0 Å². The Hall–Kier alpha value is -1.50. The van der Waals surface area contributed by atoms with Crippen molar-refractivity contribution >= 4 is 11.8 Å². The highest BCUT2D eigenvalue weighted by molar-refractivity contribution is 7.98. The predicted octanol–water partition coefficient (Wildman–Crippen LogP) is 4.42. The van der Waals surface area contributed by atoms with Crippen molar-refractivity contribution in [3.8, 4) is 0 Å². The Morgan fingerprint density at radius 2 is 1.44 bits per heavy atom. The highest BCUT2D eigenvalue weighted by Crippen LogP contribution is 2.34. The number of nitrogens with zero attached hydrogens (tertiary/aromatic N) is 1. The minimum atomic E-state index is -4.30. The molecule has 1 fully saturated rings. The van der Waals surface area contributed by atoms with Crippen molar-refractivity contribution in [3.63, 3.8) is 0 Å². The molecule has 25 heavy (non-hydrogen) atoms. The summed E-state index contributed by atoms with van der Waals surface area (Å²) < 4.78 is 38.6. The van der Waals surface area contributed by atoms with E-state index in [9.17, 15) is 13.2 Å². The predicted molar refractivity (Wildman–Crippen MR) is 96.0 cm³/mol. The van der Waals surface area contributed by atoms with Crippen LogP contribution in [0.3, 0.4) is 0 Å². The Bertz CT molecular complexity index is 677. The molecule has 1 aliphatic heterocycles. The van der Waals surface area contributed by atoms with Gasteiger partial charge in [-0.1, -0.05) is 24.3 Å². The van der Waals surface area contributed by atoms with E-state index in [1.54, 1.807) is 23.9 Å². The van der Waals surface area contributed by atoms with Crippen molar-refractivity contribution < 1.29 is 13.2 Å². The topological polar surface area (TPSA) is 15.3 Å². The van der Waals surface area contributed by atoms with Gasteiger partial charge < -0.3 is 5.32 Å². The van der Waals surface area contributed by atoms with E-state index in [1.807, 2.05) is 6.26 Å². The van der Waals surface area contributed by atoms with Gasteiger partial charge in [0.15, 0.2) is 0 Å². The summed E-state index contributed by atoms with van der Waals surface area (Å²) in [5, 5.41) is 3.33. The van der Waals surface area contributed by atoms with Gasteiger partial charge >= 0.3 is 6.18 Å². The van der Waals surface area contributed by atoms with Gasteiger partial charge in [-0.2, -0.15) is 13.2 Å². The lowest BCUT2D eigenvalue weighted by molar-refractivity contribution is -0.137. The molecule has 0 bridgehead atoms. The molecule has 1 saturated heterocycles. The molecule has 0 spiro atoms. The van der Waals surface area contributed by atoms with Gasteiger partial charge in [-0.3, -0.25) is 4.90 Å². The molecule has 2 aromatic rings. The number of hydrogen-bond acceptors (Lipinski definition) is 3. The maximum Gasteiger partial charge on any atom is 0.416 e. The lowest BCUT2D eigenvalue weighted by atomic mass is 9.95. The van der Waals surface area contributed by atoms with E-state index in [0.29, 0.717) is 0 Å². The summed E-state index contributed by atoms with van der Waals surface area (Å²) >= 11 is 1.68. The zero-order valence-corrected chi connectivity index (χ0v) is 14.8. The number of halogens is 3. The second kappa shape index (κ2) is 7.81. The van der Waals surface area contributed by atoms with Crippen LogP contribution in [-0.4, -0.2) is 37.3 Å². The first-order valence-corrected chi connectivity index (χ1v) is 9.47. The largest absolute Gasteiger partial charge is 0.416 e. The third kappa shape index (κ3) is 4.37. The Kier molecular flexibility index (Phi) is 5.71. The average Bonchev–Trinajstić information content (AvgIpc) is 2.63. The summed E-state index contributed by atoms with van der Waals surface area (Å²) in [5.74, 6) is 0. The molecular weight excluding hydrogens is 345 g/mol. The molecule has 134 valence electrons. The molecule has 1 N–H and O–H groups in total. The highest BCUT2D eigenvalue weighted by Gasteiger charge is 2.31. The highest BCUT2D eigenvalue weighted by atomic mass is 32.2. The van der Waals surface area contributed by atoms with E-state index in [2.05, 4.69) is 34.5 Å². The van der Waals surface area contributed by atoms with E-state index in [0.717, 1.165) is 37.3 Å². The van der Waals surface area contributed by atoms with Crippen LogP contribution in [0, 0.1) is 0 Å². The van der Waals surface area contributed by atoms with Gasteiger partial charge in [0.2, 0.25) is 0 Å². The van der Waals surface area contributed by atoms with Crippen molar-refractivity contribution in [3.05, 3.63) is 65.2 Å². The zero-order chi connectivity index (χ0) is 17.9. The van der Waals surface area contributed by atoms with Crippen molar-refractivity contribution in [1.29, 1.82) is 0 Å². The van der Waals surface area contributed by atoms with E-state index < -0.39 is 11.7 Å². The normalized spacial score (nSPS) is 17.4. The van der Waals surface area contributed by atoms with Crippen LogP contribution in [0.15, 0.2) is 53.4 Å². The lowest BCUT2D eigenvalue weighted by Gasteiger charge is -2.35. The number of alkyl halides is 3. The molecule has 2 aromatic carbocycles. The fourth-order valence-electron chi connectivity index (χ4n) is 3.20. The van der Waals surface area contributed by atoms with Crippen molar-refractivity contribution in [1.82, 2.24) is 10.2 Å².